The Balaban J connectivity index is 2.47. The first-order valence-electron chi connectivity index (χ1n) is 6.43. The van der Waals surface area contributed by atoms with Gasteiger partial charge in [0.15, 0.2) is 0 Å². The van der Waals surface area contributed by atoms with Gasteiger partial charge in [0.05, 0.1) is 11.1 Å². The molecule has 7 heteroatoms. The molecule has 1 nitrogen and oxygen atoms in total. The minimum atomic E-state index is -4.79. The molecule has 1 aromatic carbocycles. The first-order valence-corrected chi connectivity index (χ1v) is 6.43. The Labute approximate surface area is 118 Å². The van der Waals surface area contributed by atoms with Crippen LogP contribution in [0.25, 0.3) is 0 Å². The zero-order valence-corrected chi connectivity index (χ0v) is 11.5. The van der Waals surface area contributed by atoms with Crippen molar-refractivity contribution in [2.75, 3.05) is 13.6 Å². The summed E-state index contributed by atoms with van der Waals surface area (Å²) in [6.45, 7) is 2.26. The lowest BCUT2D eigenvalue weighted by Gasteiger charge is -2.18. The normalized spacial score (nSPS) is 26.0. The molecule has 0 aliphatic heterocycles. The van der Waals surface area contributed by atoms with Gasteiger partial charge in [-0.15, -0.1) is 0 Å². The standard InChI is InChI=1S/C14H15F6N/c1-12(6-11(12)7-21-2)8-3-9(13(15,16)17)5-10(4-8)14(18,19)20/h3-5,11,21H,6-7H2,1-2H3. The lowest BCUT2D eigenvalue weighted by Crippen LogP contribution is -2.18. The molecule has 1 aliphatic carbocycles. The molecule has 0 saturated heterocycles. The lowest BCUT2D eigenvalue weighted by molar-refractivity contribution is -0.143. The van der Waals surface area contributed by atoms with Crippen LogP contribution in [0.2, 0.25) is 0 Å². The predicted octanol–water partition coefficient (Wildman–Crippen LogP) is 4.22. The van der Waals surface area contributed by atoms with Gasteiger partial charge in [-0.25, -0.2) is 0 Å². The van der Waals surface area contributed by atoms with Crippen molar-refractivity contribution in [3.8, 4) is 0 Å². The molecule has 0 spiro atoms. The first kappa shape index (κ1) is 16.1. The van der Waals surface area contributed by atoms with Crippen molar-refractivity contribution in [2.24, 2.45) is 5.92 Å². The molecule has 2 rings (SSSR count). The maximum absolute atomic E-state index is 12.8. The van der Waals surface area contributed by atoms with Crippen molar-refractivity contribution in [3.63, 3.8) is 0 Å². The molecule has 1 fully saturated rings. The van der Waals surface area contributed by atoms with E-state index in [1.165, 1.54) is 0 Å². The van der Waals surface area contributed by atoms with Crippen LogP contribution >= 0.6 is 0 Å². The fourth-order valence-electron chi connectivity index (χ4n) is 2.63. The number of hydrogen-bond acceptors (Lipinski definition) is 1. The molecule has 1 aliphatic rings. The Morgan fingerprint density at radius 2 is 1.52 bits per heavy atom. The van der Waals surface area contributed by atoms with Crippen LogP contribution in [-0.2, 0) is 17.8 Å². The fraction of sp³-hybridized carbons (Fsp3) is 0.571. The van der Waals surface area contributed by atoms with Gasteiger partial charge in [0.25, 0.3) is 0 Å². The molecule has 118 valence electrons. The van der Waals surface area contributed by atoms with Crippen LogP contribution in [0.3, 0.4) is 0 Å². The van der Waals surface area contributed by atoms with Gasteiger partial charge >= 0.3 is 12.4 Å². The second-order valence-corrected chi connectivity index (χ2v) is 5.67. The maximum atomic E-state index is 12.8. The van der Waals surface area contributed by atoms with Crippen LogP contribution in [0.5, 0.6) is 0 Å². The van der Waals surface area contributed by atoms with Crippen LogP contribution < -0.4 is 5.32 Å². The van der Waals surface area contributed by atoms with Gasteiger partial charge in [0, 0.05) is 0 Å². The molecule has 2 unspecified atom stereocenters. The van der Waals surface area contributed by atoms with Gasteiger partial charge in [0.2, 0.25) is 0 Å². The number of rotatable bonds is 3. The van der Waals surface area contributed by atoms with Crippen LogP contribution in [-0.4, -0.2) is 13.6 Å². The van der Waals surface area contributed by atoms with E-state index in [4.69, 9.17) is 0 Å². The average Bonchev–Trinajstić information content (AvgIpc) is 2.99. The van der Waals surface area contributed by atoms with E-state index in [2.05, 4.69) is 5.32 Å². The zero-order chi connectivity index (χ0) is 16.1. The van der Waals surface area contributed by atoms with Gasteiger partial charge in [-0.05, 0) is 55.1 Å². The highest BCUT2D eigenvalue weighted by Gasteiger charge is 2.51. The monoisotopic (exact) mass is 311 g/mol. The summed E-state index contributed by atoms with van der Waals surface area (Å²) in [6.07, 6.45) is -9.01. The topological polar surface area (TPSA) is 12.0 Å². The Kier molecular flexibility index (Phi) is 3.76. The van der Waals surface area contributed by atoms with Gasteiger partial charge in [-0.1, -0.05) is 6.92 Å². The minimum Gasteiger partial charge on any atom is -0.319 e. The van der Waals surface area contributed by atoms with E-state index in [0.717, 1.165) is 12.1 Å². The van der Waals surface area contributed by atoms with Crippen molar-refractivity contribution in [2.45, 2.75) is 31.1 Å². The molecular formula is C14H15F6N. The molecule has 0 aromatic heterocycles. The smallest absolute Gasteiger partial charge is 0.319 e. The Morgan fingerprint density at radius 3 is 1.90 bits per heavy atom. The average molecular weight is 311 g/mol. The third kappa shape index (κ3) is 3.17. The van der Waals surface area contributed by atoms with E-state index in [9.17, 15) is 26.3 Å². The summed E-state index contributed by atoms with van der Waals surface area (Å²) < 4.78 is 76.9. The Morgan fingerprint density at radius 1 is 1.05 bits per heavy atom. The molecular weight excluding hydrogens is 296 g/mol. The quantitative estimate of drug-likeness (QED) is 0.824. The zero-order valence-electron chi connectivity index (χ0n) is 11.5. The molecule has 0 radical (unpaired) electrons. The number of halogens is 6. The highest BCUT2D eigenvalue weighted by atomic mass is 19.4. The lowest BCUT2D eigenvalue weighted by atomic mass is 9.91. The first-order chi connectivity index (χ1) is 9.48. The highest BCUT2D eigenvalue weighted by Crippen LogP contribution is 2.54. The summed E-state index contributed by atoms with van der Waals surface area (Å²) in [6, 6.07) is 1.85. The van der Waals surface area contributed by atoms with Crippen molar-refractivity contribution in [1.82, 2.24) is 5.32 Å². The Bertz CT molecular complexity index is 501. The summed E-state index contributed by atoms with van der Waals surface area (Å²) in [4.78, 5) is 0. The van der Waals surface area contributed by atoms with Gasteiger partial charge < -0.3 is 5.32 Å². The molecule has 1 N–H and O–H groups in total. The van der Waals surface area contributed by atoms with E-state index in [1.54, 1.807) is 14.0 Å². The maximum Gasteiger partial charge on any atom is 0.416 e. The number of nitrogens with one attached hydrogen (secondary N) is 1. The molecule has 0 heterocycles. The van der Waals surface area contributed by atoms with Crippen molar-refractivity contribution < 1.29 is 26.3 Å². The number of alkyl halides is 6. The van der Waals surface area contributed by atoms with E-state index in [-0.39, 0.29) is 17.5 Å². The van der Waals surface area contributed by atoms with Crippen LogP contribution in [0.4, 0.5) is 26.3 Å². The summed E-state index contributed by atoms with van der Waals surface area (Å²) in [5.41, 5.74) is -3.03. The number of benzene rings is 1. The molecule has 1 aromatic rings. The van der Waals surface area contributed by atoms with Crippen molar-refractivity contribution in [1.29, 1.82) is 0 Å². The molecule has 1 saturated carbocycles. The van der Waals surface area contributed by atoms with Gasteiger partial charge in [0.1, 0.15) is 0 Å². The fourth-order valence-corrected chi connectivity index (χ4v) is 2.63. The highest BCUT2D eigenvalue weighted by molar-refractivity contribution is 5.41. The van der Waals surface area contributed by atoms with E-state index >= 15 is 0 Å². The molecule has 2 atom stereocenters. The van der Waals surface area contributed by atoms with Crippen LogP contribution in [0.1, 0.15) is 30.0 Å². The predicted molar refractivity (Wildman–Crippen MR) is 65.8 cm³/mol. The van der Waals surface area contributed by atoms with Crippen molar-refractivity contribution >= 4 is 0 Å². The van der Waals surface area contributed by atoms with Crippen LogP contribution in [0, 0.1) is 5.92 Å². The molecule has 21 heavy (non-hydrogen) atoms. The van der Waals surface area contributed by atoms with Crippen LogP contribution in [0.15, 0.2) is 18.2 Å². The van der Waals surface area contributed by atoms with Gasteiger partial charge in [-0.3, -0.25) is 0 Å². The summed E-state index contributed by atoms with van der Waals surface area (Å²) >= 11 is 0. The SMILES string of the molecule is CNCC1CC1(C)c1cc(C(F)(F)F)cc(C(F)(F)F)c1. The van der Waals surface area contributed by atoms with E-state index < -0.39 is 28.9 Å². The largest absolute Gasteiger partial charge is 0.416 e. The summed E-state index contributed by atoms with van der Waals surface area (Å²) in [5, 5.41) is 2.90. The van der Waals surface area contributed by atoms with E-state index in [1.807, 2.05) is 0 Å². The van der Waals surface area contributed by atoms with E-state index in [0.29, 0.717) is 13.0 Å². The molecule has 0 amide bonds. The minimum absolute atomic E-state index is 0.0482. The summed E-state index contributed by atoms with van der Waals surface area (Å²) in [7, 11) is 1.70. The second-order valence-electron chi connectivity index (χ2n) is 5.67. The second kappa shape index (κ2) is 4.90. The third-order valence-electron chi connectivity index (χ3n) is 4.11. The number of hydrogen-bond donors (Lipinski definition) is 1. The Hall–Kier alpha value is -1.24. The molecule has 0 bridgehead atoms. The third-order valence-corrected chi connectivity index (χ3v) is 4.11. The van der Waals surface area contributed by atoms with Gasteiger partial charge in [-0.2, -0.15) is 26.3 Å². The van der Waals surface area contributed by atoms with Crippen molar-refractivity contribution in [3.05, 3.63) is 34.9 Å². The summed E-state index contributed by atoms with van der Waals surface area (Å²) in [5.74, 6) is 0.0482.